The molecule has 1 saturated carbocycles. The van der Waals surface area contributed by atoms with Crippen LogP contribution in [0.5, 0.6) is 0 Å². The van der Waals surface area contributed by atoms with Crippen molar-refractivity contribution < 1.29 is 0 Å². The van der Waals surface area contributed by atoms with Crippen LogP contribution < -0.4 is 4.90 Å². The van der Waals surface area contributed by atoms with Gasteiger partial charge in [0.05, 0.1) is 5.39 Å². The second-order valence-electron chi connectivity index (χ2n) is 7.27. The summed E-state index contributed by atoms with van der Waals surface area (Å²) in [7, 11) is 6.65. The summed E-state index contributed by atoms with van der Waals surface area (Å²) in [5, 5.41) is 1.35. The molecule has 4 rings (SSSR count). The Morgan fingerprint density at radius 2 is 1.74 bits per heavy atom. The van der Waals surface area contributed by atoms with E-state index in [1.54, 1.807) is 11.2 Å². The summed E-state index contributed by atoms with van der Waals surface area (Å²) in [6.07, 6.45) is 10.6. The van der Waals surface area contributed by atoms with E-state index in [9.17, 15) is 0 Å². The molecule has 1 fully saturated rings. The van der Waals surface area contributed by atoms with Gasteiger partial charge in [-0.1, -0.05) is 0 Å². The van der Waals surface area contributed by atoms with Crippen LogP contribution >= 0.6 is 11.3 Å². The topological polar surface area (TPSA) is 32.3 Å². The van der Waals surface area contributed by atoms with E-state index < -0.39 is 0 Å². The Kier molecular flexibility index (Phi) is 4.01. The van der Waals surface area contributed by atoms with Crippen molar-refractivity contribution in [1.29, 1.82) is 0 Å². The van der Waals surface area contributed by atoms with Crippen molar-refractivity contribution in [2.75, 3.05) is 26.0 Å². The molecule has 23 heavy (non-hydrogen) atoms. The molecule has 0 N–H and O–H groups in total. The fourth-order valence-corrected chi connectivity index (χ4v) is 5.54. The van der Waals surface area contributed by atoms with Gasteiger partial charge in [-0.15, -0.1) is 11.3 Å². The minimum absolute atomic E-state index is 0.612. The molecular formula is C18H26N4S. The van der Waals surface area contributed by atoms with Crippen molar-refractivity contribution in [2.45, 2.75) is 57.0 Å². The van der Waals surface area contributed by atoms with Gasteiger partial charge in [0.1, 0.15) is 17.0 Å². The predicted octanol–water partition coefficient (Wildman–Crippen LogP) is 3.49. The normalized spacial score (nSPS) is 24.3. The average Bonchev–Trinajstić information content (AvgIpc) is 3.14. The number of nitrogens with zero attached hydrogens (tertiary/aromatic N) is 4. The lowest BCUT2D eigenvalue weighted by Crippen LogP contribution is -2.40. The largest absolute Gasteiger partial charge is 0.356 e. The van der Waals surface area contributed by atoms with Crippen molar-refractivity contribution in [3.63, 3.8) is 0 Å². The highest BCUT2D eigenvalue weighted by molar-refractivity contribution is 7.19. The summed E-state index contributed by atoms with van der Waals surface area (Å²) < 4.78 is 0. The van der Waals surface area contributed by atoms with Gasteiger partial charge in [0.25, 0.3) is 0 Å². The number of hydrogen-bond acceptors (Lipinski definition) is 5. The molecule has 0 bridgehead atoms. The Morgan fingerprint density at radius 3 is 2.48 bits per heavy atom. The van der Waals surface area contributed by atoms with Crippen molar-refractivity contribution in [3.8, 4) is 0 Å². The van der Waals surface area contributed by atoms with Crippen LogP contribution in [0.15, 0.2) is 6.33 Å². The number of anilines is 1. The van der Waals surface area contributed by atoms with Gasteiger partial charge in [0.15, 0.2) is 0 Å². The lowest BCUT2D eigenvalue weighted by atomic mass is 9.89. The maximum atomic E-state index is 4.70. The number of thiophene rings is 1. The van der Waals surface area contributed by atoms with Gasteiger partial charge in [-0.25, -0.2) is 9.97 Å². The third-order valence-corrected chi connectivity index (χ3v) is 6.96. The summed E-state index contributed by atoms with van der Waals surface area (Å²) in [4.78, 5) is 16.8. The zero-order valence-corrected chi connectivity index (χ0v) is 15.2. The lowest BCUT2D eigenvalue weighted by molar-refractivity contribution is 0.215. The van der Waals surface area contributed by atoms with Crippen LogP contribution in [0.4, 0.5) is 5.82 Å². The first-order chi connectivity index (χ1) is 11.1. The first-order valence-corrected chi connectivity index (χ1v) is 9.61. The highest BCUT2D eigenvalue weighted by atomic mass is 32.1. The van der Waals surface area contributed by atoms with Crippen molar-refractivity contribution in [2.24, 2.45) is 0 Å². The van der Waals surface area contributed by atoms with E-state index in [2.05, 4.69) is 35.9 Å². The van der Waals surface area contributed by atoms with Crippen LogP contribution in [-0.4, -0.2) is 48.1 Å². The molecule has 2 aromatic heterocycles. The van der Waals surface area contributed by atoms with Crippen LogP contribution in [0, 0.1) is 0 Å². The van der Waals surface area contributed by atoms with Crippen LogP contribution in [0.2, 0.25) is 0 Å². The Morgan fingerprint density at radius 1 is 1.00 bits per heavy atom. The minimum Gasteiger partial charge on any atom is -0.356 e. The monoisotopic (exact) mass is 330 g/mol. The Labute approximate surface area is 142 Å². The highest BCUT2D eigenvalue weighted by Gasteiger charge is 2.28. The zero-order chi connectivity index (χ0) is 16.0. The molecule has 0 atom stereocenters. The maximum Gasteiger partial charge on any atom is 0.141 e. The third-order valence-electron chi connectivity index (χ3n) is 5.76. The van der Waals surface area contributed by atoms with E-state index in [0.717, 1.165) is 6.04 Å². The van der Waals surface area contributed by atoms with Crippen molar-refractivity contribution in [3.05, 3.63) is 16.8 Å². The molecule has 0 spiro atoms. The molecule has 0 aliphatic heterocycles. The van der Waals surface area contributed by atoms with Crippen LogP contribution in [0.25, 0.3) is 10.2 Å². The molecular weight excluding hydrogens is 304 g/mol. The summed E-state index contributed by atoms with van der Waals surface area (Å²) in [5.41, 5.74) is 1.54. The standard InChI is InChI=1S/C18H26N4S/c1-21(2)12-7-9-13(10-8-12)22(3)17-16-14-5-4-6-15(14)23-18(16)20-11-19-17/h11-13H,4-10H2,1-3H3/t12-,13-. The number of fused-ring (bicyclic) bond motifs is 3. The Balaban J connectivity index is 1.62. The lowest BCUT2D eigenvalue weighted by Gasteiger charge is -2.37. The Hall–Kier alpha value is -1.20. The molecule has 0 aromatic carbocycles. The second kappa shape index (κ2) is 6.02. The van der Waals surface area contributed by atoms with E-state index in [-0.39, 0.29) is 0 Å². The van der Waals surface area contributed by atoms with Crippen molar-refractivity contribution >= 4 is 27.4 Å². The fourth-order valence-electron chi connectivity index (χ4n) is 4.31. The molecule has 0 radical (unpaired) electrons. The second-order valence-corrected chi connectivity index (χ2v) is 8.36. The van der Waals surface area contributed by atoms with Gasteiger partial charge in [-0.05, 0) is 64.6 Å². The van der Waals surface area contributed by atoms with E-state index in [4.69, 9.17) is 4.98 Å². The number of aryl methyl sites for hydroxylation is 2. The first-order valence-electron chi connectivity index (χ1n) is 8.79. The molecule has 124 valence electrons. The van der Waals surface area contributed by atoms with Crippen LogP contribution in [0.1, 0.15) is 42.5 Å². The molecule has 0 saturated heterocycles. The molecule has 2 aliphatic carbocycles. The van der Waals surface area contributed by atoms with Gasteiger partial charge in [-0.2, -0.15) is 0 Å². The van der Waals surface area contributed by atoms with E-state index in [0.29, 0.717) is 6.04 Å². The van der Waals surface area contributed by atoms with Gasteiger partial charge >= 0.3 is 0 Å². The van der Waals surface area contributed by atoms with Gasteiger partial charge < -0.3 is 9.80 Å². The van der Waals surface area contributed by atoms with E-state index >= 15 is 0 Å². The zero-order valence-electron chi connectivity index (χ0n) is 14.4. The number of rotatable bonds is 3. The van der Waals surface area contributed by atoms with Crippen LogP contribution in [0.3, 0.4) is 0 Å². The molecule has 5 heteroatoms. The number of hydrogen-bond donors (Lipinski definition) is 0. The molecule has 2 aromatic rings. The average molecular weight is 331 g/mol. The third kappa shape index (κ3) is 2.64. The summed E-state index contributed by atoms with van der Waals surface area (Å²) >= 11 is 1.88. The first kappa shape index (κ1) is 15.3. The minimum atomic E-state index is 0.612. The predicted molar refractivity (Wildman–Crippen MR) is 97.6 cm³/mol. The summed E-state index contributed by atoms with van der Waals surface area (Å²) in [5.74, 6) is 1.17. The quantitative estimate of drug-likeness (QED) is 0.862. The molecule has 2 heterocycles. The van der Waals surface area contributed by atoms with Gasteiger partial charge in [-0.3, -0.25) is 0 Å². The maximum absolute atomic E-state index is 4.70. The SMILES string of the molecule is CN(C)[C@H]1CC[C@H](N(C)c2ncnc3sc4c(c23)CCC4)CC1. The smallest absolute Gasteiger partial charge is 0.141 e. The highest BCUT2D eigenvalue weighted by Crippen LogP contribution is 2.41. The molecule has 4 nitrogen and oxygen atoms in total. The fraction of sp³-hybridized carbons (Fsp3) is 0.667. The molecule has 0 amide bonds. The van der Waals surface area contributed by atoms with Crippen molar-refractivity contribution in [1.82, 2.24) is 14.9 Å². The molecule has 2 aliphatic rings. The van der Waals surface area contributed by atoms with E-state index in [1.165, 1.54) is 66.5 Å². The number of aromatic nitrogens is 2. The van der Waals surface area contributed by atoms with E-state index in [1.807, 2.05) is 11.3 Å². The van der Waals surface area contributed by atoms with Gasteiger partial charge in [0, 0.05) is 24.0 Å². The van der Waals surface area contributed by atoms with Gasteiger partial charge in [0.2, 0.25) is 0 Å². The Bertz CT molecular complexity index is 700. The summed E-state index contributed by atoms with van der Waals surface area (Å²) in [6, 6.07) is 1.36. The summed E-state index contributed by atoms with van der Waals surface area (Å²) in [6.45, 7) is 0. The molecule has 0 unspecified atom stereocenters. The van der Waals surface area contributed by atoms with Crippen LogP contribution in [-0.2, 0) is 12.8 Å².